The Morgan fingerprint density at radius 1 is 1.33 bits per heavy atom. The summed E-state index contributed by atoms with van der Waals surface area (Å²) in [7, 11) is 0. The molecular weight excluding hydrogens is 245 g/mol. The zero-order chi connectivity index (χ0) is 13.1. The first-order chi connectivity index (χ1) is 8.58. The van der Waals surface area contributed by atoms with E-state index in [0.29, 0.717) is 19.0 Å². The highest BCUT2D eigenvalue weighted by molar-refractivity contribution is 5.92. The van der Waals surface area contributed by atoms with Gasteiger partial charge in [0.1, 0.15) is 5.82 Å². The van der Waals surface area contributed by atoms with Gasteiger partial charge in [0.05, 0.1) is 11.6 Å². The van der Waals surface area contributed by atoms with E-state index in [1.54, 1.807) is 0 Å². The molecule has 1 saturated heterocycles. The van der Waals surface area contributed by atoms with Crippen LogP contribution in [0.15, 0.2) is 12.1 Å². The summed E-state index contributed by atoms with van der Waals surface area (Å²) in [5, 5.41) is 5.26. The van der Waals surface area contributed by atoms with Gasteiger partial charge in [-0.2, -0.15) is 0 Å². The van der Waals surface area contributed by atoms with Crippen molar-refractivity contribution < 1.29 is 18.0 Å². The van der Waals surface area contributed by atoms with E-state index in [1.807, 2.05) is 0 Å². The fourth-order valence-electron chi connectivity index (χ4n) is 1.96. The summed E-state index contributed by atoms with van der Waals surface area (Å²) in [5.74, 6) is -4.21. The maximum Gasteiger partial charge on any atom is 0.228 e. The van der Waals surface area contributed by atoms with Gasteiger partial charge in [0.15, 0.2) is 11.6 Å². The van der Waals surface area contributed by atoms with Gasteiger partial charge >= 0.3 is 0 Å². The fraction of sp³-hybridized carbons (Fsp3) is 0.417. The summed E-state index contributed by atoms with van der Waals surface area (Å²) in [6.07, 6.45) is 1.52. The van der Waals surface area contributed by atoms with E-state index in [2.05, 4.69) is 10.6 Å². The maximum absolute atomic E-state index is 13.3. The standard InChI is InChI=1S/C12H13F3N2O/c13-8-4-9(14)11(15)10(5-8)17-12(18)7-2-1-3-16-6-7/h4-5,7,16H,1-3,6H2,(H,17,18)/t7-/m0/s1. The molecule has 1 atom stereocenters. The average molecular weight is 258 g/mol. The molecule has 2 rings (SSSR count). The SMILES string of the molecule is O=C(Nc1cc(F)cc(F)c1F)[C@H]1CCCNC1. The molecule has 0 radical (unpaired) electrons. The third kappa shape index (κ3) is 2.81. The zero-order valence-corrected chi connectivity index (χ0v) is 9.60. The molecule has 1 amide bonds. The second kappa shape index (κ2) is 5.39. The van der Waals surface area contributed by atoms with E-state index < -0.39 is 29.0 Å². The van der Waals surface area contributed by atoms with Crippen LogP contribution in [-0.2, 0) is 4.79 Å². The van der Waals surface area contributed by atoms with Crippen molar-refractivity contribution in [2.75, 3.05) is 18.4 Å². The molecular formula is C12H13F3N2O. The van der Waals surface area contributed by atoms with Crippen molar-refractivity contribution in [3.05, 3.63) is 29.6 Å². The highest BCUT2D eigenvalue weighted by Gasteiger charge is 2.22. The van der Waals surface area contributed by atoms with Crippen LogP contribution in [0.4, 0.5) is 18.9 Å². The van der Waals surface area contributed by atoms with Crippen molar-refractivity contribution in [1.29, 1.82) is 0 Å². The Kier molecular flexibility index (Phi) is 3.86. The summed E-state index contributed by atoms with van der Waals surface area (Å²) in [6.45, 7) is 1.33. The summed E-state index contributed by atoms with van der Waals surface area (Å²) in [6, 6.07) is 1.21. The van der Waals surface area contributed by atoms with Crippen LogP contribution >= 0.6 is 0 Å². The lowest BCUT2D eigenvalue weighted by Crippen LogP contribution is -2.37. The Morgan fingerprint density at radius 2 is 2.11 bits per heavy atom. The van der Waals surface area contributed by atoms with E-state index in [-0.39, 0.29) is 5.92 Å². The molecule has 0 spiro atoms. The van der Waals surface area contributed by atoms with E-state index in [0.717, 1.165) is 19.0 Å². The molecule has 1 aliphatic rings. The lowest BCUT2D eigenvalue weighted by Gasteiger charge is -2.22. The molecule has 18 heavy (non-hydrogen) atoms. The molecule has 1 aromatic rings. The van der Waals surface area contributed by atoms with Crippen molar-refractivity contribution in [3.8, 4) is 0 Å². The van der Waals surface area contributed by atoms with Gasteiger partial charge in [0, 0.05) is 18.7 Å². The van der Waals surface area contributed by atoms with Crippen molar-refractivity contribution >= 4 is 11.6 Å². The molecule has 1 aliphatic heterocycles. The molecule has 1 heterocycles. The zero-order valence-electron chi connectivity index (χ0n) is 9.60. The largest absolute Gasteiger partial charge is 0.323 e. The first kappa shape index (κ1) is 12.9. The lowest BCUT2D eigenvalue weighted by molar-refractivity contribution is -0.120. The smallest absolute Gasteiger partial charge is 0.228 e. The number of hydrogen-bond donors (Lipinski definition) is 2. The minimum atomic E-state index is -1.31. The normalized spacial score (nSPS) is 19.6. The number of carbonyl (C=O) groups excluding carboxylic acids is 1. The van der Waals surface area contributed by atoms with Crippen molar-refractivity contribution in [1.82, 2.24) is 5.32 Å². The minimum absolute atomic E-state index is 0.301. The van der Waals surface area contributed by atoms with E-state index in [9.17, 15) is 18.0 Å². The van der Waals surface area contributed by atoms with Crippen LogP contribution in [0.2, 0.25) is 0 Å². The van der Waals surface area contributed by atoms with Gasteiger partial charge in [-0.05, 0) is 19.4 Å². The number of amides is 1. The second-order valence-corrected chi connectivity index (χ2v) is 4.28. The molecule has 3 nitrogen and oxygen atoms in total. The van der Waals surface area contributed by atoms with Crippen LogP contribution in [0.25, 0.3) is 0 Å². The van der Waals surface area contributed by atoms with E-state index in [4.69, 9.17) is 0 Å². The molecule has 1 aromatic carbocycles. The second-order valence-electron chi connectivity index (χ2n) is 4.28. The molecule has 6 heteroatoms. The van der Waals surface area contributed by atoms with Gasteiger partial charge in [-0.15, -0.1) is 0 Å². The average Bonchev–Trinajstić information content (AvgIpc) is 2.36. The third-order valence-electron chi connectivity index (χ3n) is 2.92. The number of halogens is 3. The molecule has 2 N–H and O–H groups in total. The summed E-state index contributed by atoms with van der Waals surface area (Å²) < 4.78 is 39.2. The number of benzene rings is 1. The highest BCUT2D eigenvalue weighted by atomic mass is 19.2. The van der Waals surface area contributed by atoms with Gasteiger partial charge in [-0.3, -0.25) is 4.79 Å². The van der Waals surface area contributed by atoms with Gasteiger partial charge in [-0.1, -0.05) is 0 Å². The Balaban J connectivity index is 2.11. The number of rotatable bonds is 2. The Hall–Kier alpha value is -1.56. The van der Waals surface area contributed by atoms with Crippen molar-refractivity contribution in [2.45, 2.75) is 12.8 Å². The van der Waals surface area contributed by atoms with Crippen LogP contribution < -0.4 is 10.6 Å². The van der Waals surface area contributed by atoms with E-state index >= 15 is 0 Å². The van der Waals surface area contributed by atoms with Crippen molar-refractivity contribution in [2.24, 2.45) is 5.92 Å². The first-order valence-corrected chi connectivity index (χ1v) is 5.74. The molecule has 0 bridgehead atoms. The van der Waals surface area contributed by atoms with Crippen molar-refractivity contribution in [3.63, 3.8) is 0 Å². The molecule has 0 aromatic heterocycles. The summed E-state index contributed by atoms with van der Waals surface area (Å²) in [5.41, 5.74) is -0.455. The van der Waals surface area contributed by atoms with Crippen LogP contribution in [0.1, 0.15) is 12.8 Å². The third-order valence-corrected chi connectivity index (χ3v) is 2.92. The molecule has 0 saturated carbocycles. The molecule has 1 fully saturated rings. The van der Waals surface area contributed by atoms with Crippen LogP contribution in [0, 0.1) is 23.4 Å². The molecule has 0 unspecified atom stereocenters. The van der Waals surface area contributed by atoms with Gasteiger partial charge in [-0.25, -0.2) is 13.2 Å². The van der Waals surface area contributed by atoms with Gasteiger partial charge < -0.3 is 10.6 Å². The lowest BCUT2D eigenvalue weighted by atomic mass is 9.99. The number of hydrogen-bond acceptors (Lipinski definition) is 2. The maximum atomic E-state index is 13.3. The fourth-order valence-corrected chi connectivity index (χ4v) is 1.96. The molecule has 98 valence electrons. The Bertz CT molecular complexity index is 459. The van der Waals surface area contributed by atoms with E-state index in [1.165, 1.54) is 0 Å². The predicted octanol–water partition coefficient (Wildman–Crippen LogP) is 2.04. The van der Waals surface area contributed by atoms with Crippen LogP contribution in [0.3, 0.4) is 0 Å². The number of carbonyl (C=O) groups is 1. The van der Waals surface area contributed by atoms with Crippen LogP contribution in [-0.4, -0.2) is 19.0 Å². The minimum Gasteiger partial charge on any atom is -0.323 e. The summed E-state index contributed by atoms with van der Waals surface area (Å²) >= 11 is 0. The number of nitrogens with one attached hydrogen (secondary N) is 2. The summed E-state index contributed by atoms with van der Waals surface area (Å²) in [4.78, 5) is 11.8. The first-order valence-electron chi connectivity index (χ1n) is 5.74. The van der Waals surface area contributed by atoms with Gasteiger partial charge in [0.25, 0.3) is 0 Å². The molecule has 0 aliphatic carbocycles. The van der Waals surface area contributed by atoms with Gasteiger partial charge in [0.2, 0.25) is 5.91 Å². The highest BCUT2D eigenvalue weighted by Crippen LogP contribution is 2.21. The number of anilines is 1. The number of piperidine rings is 1. The Labute approximate surface area is 102 Å². The Morgan fingerprint density at radius 3 is 2.78 bits per heavy atom. The van der Waals surface area contributed by atoms with Crippen LogP contribution in [0.5, 0.6) is 0 Å². The monoisotopic (exact) mass is 258 g/mol. The topological polar surface area (TPSA) is 41.1 Å². The quantitative estimate of drug-likeness (QED) is 0.797. The predicted molar refractivity (Wildman–Crippen MR) is 60.5 cm³/mol.